The van der Waals surface area contributed by atoms with E-state index in [4.69, 9.17) is 0 Å². The Labute approximate surface area is 123 Å². The predicted octanol–water partition coefficient (Wildman–Crippen LogP) is 4.90. The predicted molar refractivity (Wildman–Crippen MR) is 83.7 cm³/mol. The maximum atomic E-state index is 11.1. The number of benzene rings is 1. The molecule has 3 rings (SSSR count). The first-order valence-electron chi connectivity index (χ1n) is 8.45. The van der Waals surface area contributed by atoms with Crippen LogP contribution in [0.15, 0.2) is 30.3 Å². The van der Waals surface area contributed by atoms with E-state index in [2.05, 4.69) is 37.3 Å². The van der Waals surface area contributed by atoms with E-state index in [-0.39, 0.29) is 5.60 Å². The lowest BCUT2D eigenvalue weighted by atomic mass is 9.65. The molecule has 0 saturated heterocycles. The lowest BCUT2D eigenvalue weighted by Gasteiger charge is -2.44. The Morgan fingerprint density at radius 1 is 1.00 bits per heavy atom. The van der Waals surface area contributed by atoms with E-state index in [0.29, 0.717) is 11.8 Å². The Kier molecular flexibility index (Phi) is 4.16. The van der Waals surface area contributed by atoms with Gasteiger partial charge < -0.3 is 5.11 Å². The van der Waals surface area contributed by atoms with Crippen molar-refractivity contribution in [3.05, 3.63) is 35.9 Å². The lowest BCUT2D eigenvalue weighted by molar-refractivity contribution is -0.0703. The minimum absolute atomic E-state index is 0.361. The van der Waals surface area contributed by atoms with Crippen molar-refractivity contribution in [1.29, 1.82) is 0 Å². The molecule has 2 fully saturated rings. The first kappa shape index (κ1) is 14.1. The summed E-state index contributed by atoms with van der Waals surface area (Å²) in [4.78, 5) is 0. The fourth-order valence-electron chi connectivity index (χ4n) is 4.51. The molecular formula is C19H28O. The van der Waals surface area contributed by atoms with Crippen molar-refractivity contribution >= 4 is 0 Å². The van der Waals surface area contributed by atoms with E-state index < -0.39 is 0 Å². The van der Waals surface area contributed by atoms with E-state index in [1.165, 1.54) is 31.2 Å². The highest BCUT2D eigenvalue weighted by atomic mass is 16.3. The molecule has 2 aliphatic rings. The largest absolute Gasteiger partial charge is 0.390 e. The van der Waals surface area contributed by atoms with Crippen molar-refractivity contribution in [3.63, 3.8) is 0 Å². The smallest absolute Gasteiger partial charge is 0.0676 e. The van der Waals surface area contributed by atoms with Gasteiger partial charge in [-0.05, 0) is 61.8 Å². The second-order valence-corrected chi connectivity index (χ2v) is 7.26. The van der Waals surface area contributed by atoms with Gasteiger partial charge in [-0.2, -0.15) is 0 Å². The van der Waals surface area contributed by atoms with Gasteiger partial charge in [0, 0.05) is 0 Å². The van der Waals surface area contributed by atoms with E-state index in [9.17, 15) is 5.11 Å². The standard InChI is InChI=1S/C19H28O/c1-15-6-5-9-18(14-15)19(20)12-10-17(11-13-19)16-7-3-2-4-8-16/h2-4,7-8,15,17-18,20H,5-6,9-14H2,1H3. The maximum absolute atomic E-state index is 11.1. The van der Waals surface area contributed by atoms with E-state index in [1.54, 1.807) is 0 Å². The topological polar surface area (TPSA) is 20.2 Å². The fraction of sp³-hybridized carbons (Fsp3) is 0.684. The molecule has 1 aromatic rings. The van der Waals surface area contributed by atoms with Gasteiger partial charge >= 0.3 is 0 Å². The first-order chi connectivity index (χ1) is 9.67. The Balaban J connectivity index is 1.62. The van der Waals surface area contributed by atoms with E-state index >= 15 is 0 Å². The summed E-state index contributed by atoms with van der Waals surface area (Å²) >= 11 is 0. The van der Waals surface area contributed by atoms with Gasteiger partial charge in [0.25, 0.3) is 0 Å². The van der Waals surface area contributed by atoms with Crippen LogP contribution in [0.1, 0.15) is 69.8 Å². The molecule has 2 aliphatic carbocycles. The van der Waals surface area contributed by atoms with Crippen molar-refractivity contribution in [2.75, 3.05) is 0 Å². The minimum Gasteiger partial charge on any atom is -0.390 e. The summed E-state index contributed by atoms with van der Waals surface area (Å²) < 4.78 is 0. The average molecular weight is 272 g/mol. The molecule has 1 aromatic carbocycles. The van der Waals surface area contributed by atoms with Gasteiger partial charge in [-0.3, -0.25) is 0 Å². The summed E-state index contributed by atoms with van der Waals surface area (Å²) in [6, 6.07) is 10.9. The molecule has 1 N–H and O–H groups in total. The molecule has 0 amide bonds. The Morgan fingerprint density at radius 3 is 2.35 bits per heavy atom. The summed E-state index contributed by atoms with van der Waals surface area (Å²) in [5, 5.41) is 11.1. The van der Waals surface area contributed by atoms with Gasteiger partial charge in [-0.15, -0.1) is 0 Å². The van der Waals surface area contributed by atoms with Crippen molar-refractivity contribution in [2.45, 2.75) is 69.8 Å². The van der Waals surface area contributed by atoms with Crippen LogP contribution < -0.4 is 0 Å². The third-order valence-electron chi connectivity index (χ3n) is 5.82. The van der Waals surface area contributed by atoms with Crippen molar-refractivity contribution in [2.24, 2.45) is 11.8 Å². The molecule has 1 heteroatoms. The quantitative estimate of drug-likeness (QED) is 0.811. The van der Waals surface area contributed by atoms with Gasteiger partial charge in [0.05, 0.1) is 5.60 Å². The zero-order valence-electron chi connectivity index (χ0n) is 12.7. The summed E-state index contributed by atoms with van der Waals surface area (Å²) in [5.41, 5.74) is 1.10. The summed E-state index contributed by atoms with van der Waals surface area (Å²) in [6.07, 6.45) is 9.49. The van der Waals surface area contributed by atoms with Crippen LogP contribution in [0, 0.1) is 11.8 Å². The Bertz CT molecular complexity index is 417. The van der Waals surface area contributed by atoms with Crippen LogP contribution >= 0.6 is 0 Å². The second-order valence-electron chi connectivity index (χ2n) is 7.26. The molecule has 110 valence electrons. The molecule has 1 nitrogen and oxygen atoms in total. The molecule has 0 aliphatic heterocycles. The number of rotatable bonds is 2. The number of aliphatic hydroxyl groups is 1. The molecule has 20 heavy (non-hydrogen) atoms. The van der Waals surface area contributed by atoms with Gasteiger partial charge in [0.1, 0.15) is 0 Å². The highest BCUT2D eigenvalue weighted by Gasteiger charge is 2.41. The molecular weight excluding hydrogens is 244 g/mol. The first-order valence-corrected chi connectivity index (χ1v) is 8.45. The average Bonchev–Trinajstić information content (AvgIpc) is 2.49. The monoisotopic (exact) mass is 272 g/mol. The second kappa shape index (κ2) is 5.89. The van der Waals surface area contributed by atoms with Crippen molar-refractivity contribution in [1.82, 2.24) is 0 Å². The lowest BCUT2D eigenvalue weighted by Crippen LogP contribution is -2.43. The van der Waals surface area contributed by atoms with Crippen LogP contribution in [0.2, 0.25) is 0 Å². The Hall–Kier alpha value is -0.820. The summed E-state index contributed by atoms with van der Waals surface area (Å²) in [7, 11) is 0. The summed E-state index contributed by atoms with van der Waals surface area (Å²) in [5.74, 6) is 2.03. The molecule has 2 atom stereocenters. The fourth-order valence-corrected chi connectivity index (χ4v) is 4.51. The van der Waals surface area contributed by atoms with Gasteiger partial charge in [0.15, 0.2) is 0 Å². The van der Waals surface area contributed by atoms with Crippen LogP contribution in [-0.4, -0.2) is 10.7 Å². The molecule has 0 spiro atoms. The number of hydrogen-bond acceptors (Lipinski definition) is 1. The van der Waals surface area contributed by atoms with Crippen LogP contribution in [0.25, 0.3) is 0 Å². The van der Waals surface area contributed by atoms with Crippen LogP contribution in [0.3, 0.4) is 0 Å². The third-order valence-corrected chi connectivity index (χ3v) is 5.82. The SMILES string of the molecule is CC1CCCC(C2(O)CCC(c3ccccc3)CC2)C1. The molecule has 0 aromatic heterocycles. The van der Waals surface area contributed by atoms with Crippen LogP contribution in [-0.2, 0) is 0 Å². The molecule has 0 bridgehead atoms. The van der Waals surface area contributed by atoms with Crippen molar-refractivity contribution < 1.29 is 5.11 Å². The normalized spacial score (nSPS) is 38.6. The van der Waals surface area contributed by atoms with Gasteiger partial charge in [-0.25, -0.2) is 0 Å². The molecule has 2 saturated carbocycles. The minimum atomic E-state index is -0.361. The number of hydrogen-bond donors (Lipinski definition) is 1. The van der Waals surface area contributed by atoms with Crippen LogP contribution in [0.4, 0.5) is 0 Å². The van der Waals surface area contributed by atoms with Gasteiger partial charge in [0.2, 0.25) is 0 Å². The highest BCUT2D eigenvalue weighted by Crippen LogP contribution is 2.46. The van der Waals surface area contributed by atoms with E-state index in [1.807, 2.05) is 0 Å². The Morgan fingerprint density at radius 2 is 1.70 bits per heavy atom. The van der Waals surface area contributed by atoms with Crippen LogP contribution in [0.5, 0.6) is 0 Å². The zero-order chi connectivity index (χ0) is 14.0. The zero-order valence-corrected chi connectivity index (χ0v) is 12.7. The van der Waals surface area contributed by atoms with Crippen molar-refractivity contribution in [3.8, 4) is 0 Å². The van der Waals surface area contributed by atoms with E-state index in [0.717, 1.165) is 31.6 Å². The molecule has 0 heterocycles. The maximum Gasteiger partial charge on any atom is 0.0676 e. The van der Waals surface area contributed by atoms with Gasteiger partial charge in [-0.1, -0.05) is 50.1 Å². The summed E-state index contributed by atoms with van der Waals surface area (Å²) in [6.45, 7) is 2.35. The molecule has 2 unspecified atom stereocenters. The third kappa shape index (κ3) is 2.93. The highest BCUT2D eigenvalue weighted by molar-refractivity contribution is 5.20. The molecule has 0 radical (unpaired) electrons.